The van der Waals surface area contributed by atoms with E-state index in [1.165, 1.54) is 0 Å². The van der Waals surface area contributed by atoms with Crippen molar-refractivity contribution in [1.29, 1.82) is 0 Å². The number of hydroxylamine groups is 1. The summed E-state index contributed by atoms with van der Waals surface area (Å²) in [4.78, 5) is 11.5. The van der Waals surface area contributed by atoms with Crippen molar-refractivity contribution >= 4 is 5.91 Å². The summed E-state index contributed by atoms with van der Waals surface area (Å²) in [5.74, 6) is -0.849. The van der Waals surface area contributed by atoms with Crippen LogP contribution >= 0.6 is 0 Å². The van der Waals surface area contributed by atoms with Gasteiger partial charge in [0.05, 0.1) is 0 Å². The minimum Gasteiger partial charge on any atom is -0.289 e. The normalized spacial score (nSPS) is 12.3. The summed E-state index contributed by atoms with van der Waals surface area (Å²) >= 11 is 0. The van der Waals surface area contributed by atoms with Crippen molar-refractivity contribution in [2.24, 2.45) is 5.92 Å². The molecule has 1 amide bonds. The van der Waals surface area contributed by atoms with Crippen LogP contribution < -0.4 is 5.48 Å². The summed E-state index contributed by atoms with van der Waals surface area (Å²) in [7, 11) is 0. The summed E-state index contributed by atoms with van der Waals surface area (Å²) < 4.78 is 13.5. The number of carbonyl (C=O) groups excluding carboxylic acids is 1. The molecule has 18 heavy (non-hydrogen) atoms. The van der Waals surface area contributed by atoms with E-state index in [1.54, 1.807) is 31.5 Å². The molecule has 0 aromatic heterocycles. The quantitative estimate of drug-likeness (QED) is 0.626. The first-order valence-corrected chi connectivity index (χ1v) is 6.19. The molecule has 0 aliphatic rings. The van der Waals surface area contributed by atoms with Gasteiger partial charge in [0.25, 0.3) is 0 Å². The molecule has 0 spiro atoms. The smallest absolute Gasteiger partial charge is 0.246 e. The summed E-state index contributed by atoms with van der Waals surface area (Å²) in [6.45, 7) is 5.42. The van der Waals surface area contributed by atoms with Crippen molar-refractivity contribution < 1.29 is 14.4 Å². The predicted octanol–water partition coefficient (Wildman–Crippen LogP) is 2.91. The Hall–Kier alpha value is -1.42. The molecule has 0 unspecified atom stereocenters. The fraction of sp³-hybridized carbons (Fsp3) is 0.500. The first kappa shape index (κ1) is 14.6. The molecular weight excluding hydrogens is 233 g/mol. The molecular formula is C14H20FNO2. The van der Waals surface area contributed by atoms with E-state index in [0.29, 0.717) is 24.0 Å². The molecule has 0 aliphatic carbocycles. The predicted molar refractivity (Wildman–Crippen MR) is 67.9 cm³/mol. The van der Waals surface area contributed by atoms with Crippen LogP contribution in [0.2, 0.25) is 0 Å². The second-order valence-electron chi connectivity index (χ2n) is 4.71. The second-order valence-corrected chi connectivity index (χ2v) is 4.71. The van der Waals surface area contributed by atoms with E-state index in [1.807, 2.05) is 6.92 Å². The number of amides is 1. The van der Waals surface area contributed by atoms with Crippen LogP contribution in [-0.2, 0) is 11.2 Å². The van der Waals surface area contributed by atoms with Gasteiger partial charge in [0, 0.05) is 5.92 Å². The fourth-order valence-corrected chi connectivity index (χ4v) is 2.20. The van der Waals surface area contributed by atoms with E-state index in [9.17, 15) is 9.18 Å². The second kappa shape index (κ2) is 6.50. The highest BCUT2D eigenvalue weighted by molar-refractivity contribution is 5.77. The van der Waals surface area contributed by atoms with Gasteiger partial charge < -0.3 is 0 Å². The lowest BCUT2D eigenvalue weighted by Crippen LogP contribution is -2.29. The Morgan fingerprint density at radius 2 is 1.94 bits per heavy atom. The van der Waals surface area contributed by atoms with Gasteiger partial charge in [-0.05, 0) is 43.4 Å². The lowest BCUT2D eigenvalue weighted by atomic mass is 9.92. The molecule has 1 atom stereocenters. The molecule has 0 radical (unpaired) electrons. The first-order valence-electron chi connectivity index (χ1n) is 6.19. The molecule has 3 nitrogen and oxygen atoms in total. The van der Waals surface area contributed by atoms with E-state index >= 15 is 0 Å². The number of nitrogens with one attached hydrogen (secondary N) is 1. The Morgan fingerprint density at radius 3 is 2.39 bits per heavy atom. The fourth-order valence-electron chi connectivity index (χ4n) is 2.20. The van der Waals surface area contributed by atoms with Crippen LogP contribution in [0.3, 0.4) is 0 Å². The molecule has 0 fully saturated rings. The molecule has 1 aromatic rings. The van der Waals surface area contributed by atoms with Crippen molar-refractivity contribution in [2.75, 3.05) is 0 Å². The molecule has 0 saturated carbocycles. The standard InChI is InChI=1S/C14H20FNO2/c1-4-5-12(14(17)16-18)8-11-6-9(2)13(15)10(3)7-11/h6-7,12,18H,4-5,8H2,1-3H3,(H,16,17)/t12-/m0/s1. The van der Waals surface area contributed by atoms with Gasteiger partial charge in [-0.1, -0.05) is 25.5 Å². The molecule has 1 aromatic carbocycles. The van der Waals surface area contributed by atoms with Gasteiger partial charge in [0.1, 0.15) is 5.82 Å². The summed E-state index contributed by atoms with van der Waals surface area (Å²) in [5.41, 5.74) is 3.80. The van der Waals surface area contributed by atoms with Gasteiger partial charge in [-0.25, -0.2) is 9.87 Å². The Labute approximate surface area is 107 Å². The highest BCUT2D eigenvalue weighted by Gasteiger charge is 2.18. The highest BCUT2D eigenvalue weighted by Crippen LogP contribution is 2.19. The Balaban J connectivity index is 2.90. The molecule has 0 heterocycles. The number of hydrogen-bond acceptors (Lipinski definition) is 2. The van der Waals surface area contributed by atoms with Gasteiger partial charge in [-0.15, -0.1) is 0 Å². The monoisotopic (exact) mass is 253 g/mol. The van der Waals surface area contributed by atoms with Gasteiger partial charge in [-0.3, -0.25) is 10.0 Å². The molecule has 0 aliphatic heterocycles. The average molecular weight is 253 g/mol. The van der Waals surface area contributed by atoms with Crippen molar-refractivity contribution in [3.63, 3.8) is 0 Å². The van der Waals surface area contributed by atoms with Crippen molar-refractivity contribution in [3.8, 4) is 0 Å². The first-order chi connectivity index (χ1) is 8.49. The van der Waals surface area contributed by atoms with Crippen molar-refractivity contribution in [1.82, 2.24) is 5.48 Å². The Kier molecular flexibility index (Phi) is 5.28. The molecule has 0 saturated heterocycles. The zero-order valence-electron chi connectivity index (χ0n) is 11.1. The van der Waals surface area contributed by atoms with Crippen LogP contribution in [0, 0.1) is 25.6 Å². The Bertz CT molecular complexity index is 409. The maximum absolute atomic E-state index is 13.5. The third-order valence-corrected chi connectivity index (χ3v) is 3.10. The largest absolute Gasteiger partial charge is 0.289 e. The number of carbonyl (C=O) groups is 1. The van der Waals surface area contributed by atoms with E-state index in [0.717, 1.165) is 12.0 Å². The third-order valence-electron chi connectivity index (χ3n) is 3.10. The van der Waals surface area contributed by atoms with Crippen LogP contribution in [0.1, 0.15) is 36.5 Å². The van der Waals surface area contributed by atoms with Crippen LogP contribution in [-0.4, -0.2) is 11.1 Å². The van der Waals surface area contributed by atoms with Gasteiger partial charge >= 0.3 is 0 Å². The molecule has 0 bridgehead atoms. The SMILES string of the molecule is CCC[C@@H](Cc1cc(C)c(F)c(C)c1)C(=O)NO. The Morgan fingerprint density at radius 1 is 1.39 bits per heavy atom. The zero-order chi connectivity index (χ0) is 13.7. The van der Waals surface area contributed by atoms with Crippen LogP contribution in [0.25, 0.3) is 0 Å². The molecule has 1 rings (SSSR count). The summed E-state index contributed by atoms with van der Waals surface area (Å²) in [6.07, 6.45) is 2.07. The third kappa shape index (κ3) is 3.53. The average Bonchev–Trinajstić information content (AvgIpc) is 2.34. The van der Waals surface area contributed by atoms with Crippen LogP contribution in [0.4, 0.5) is 4.39 Å². The van der Waals surface area contributed by atoms with E-state index in [2.05, 4.69) is 0 Å². The number of benzene rings is 1. The van der Waals surface area contributed by atoms with E-state index in [4.69, 9.17) is 5.21 Å². The van der Waals surface area contributed by atoms with Crippen LogP contribution in [0.15, 0.2) is 12.1 Å². The van der Waals surface area contributed by atoms with Crippen molar-refractivity contribution in [3.05, 3.63) is 34.6 Å². The van der Waals surface area contributed by atoms with Gasteiger partial charge in [-0.2, -0.15) is 0 Å². The topological polar surface area (TPSA) is 49.3 Å². The summed E-state index contributed by atoms with van der Waals surface area (Å²) in [6, 6.07) is 3.52. The number of hydrogen-bond donors (Lipinski definition) is 2. The van der Waals surface area contributed by atoms with Gasteiger partial charge in [0.15, 0.2) is 0 Å². The highest BCUT2D eigenvalue weighted by atomic mass is 19.1. The molecule has 4 heteroatoms. The van der Waals surface area contributed by atoms with E-state index < -0.39 is 0 Å². The lowest BCUT2D eigenvalue weighted by Gasteiger charge is -2.15. The maximum Gasteiger partial charge on any atom is 0.246 e. The molecule has 2 N–H and O–H groups in total. The van der Waals surface area contributed by atoms with Crippen molar-refractivity contribution in [2.45, 2.75) is 40.0 Å². The minimum absolute atomic E-state index is 0.197. The van der Waals surface area contributed by atoms with Crippen LogP contribution in [0.5, 0.6) is 0 Å². The number of rotatable bonds is 5. The van der Waals surface area contributed by atoms with Gasteiger partial charge in [0.2, 0.25) is 5.91 Å². The number of aryl methyl sites for hydroxylation is 2. The zero-order valence-corrected chi connectivity index (χ0v) is 11.1. The minimum atomic E-state index is -0.378. The molecule has 100 valence electrons. The van der Waals surface area contributed by atoms with E-state index in [-0.39, 0.29) is 17.6 Å². The maximum atomic E-state index is 13.5. The lowest BCUT2D eigenvalue weighted by molar-refractivity contribution is -0.133. The summed E-state index contributed by atoms with van der Waals surface area (Å²) in [5, 5.41) is 8.70. The number of halogens is 1.